The Morgan fingerprint density at radius 2 is 2.12 bits per heavy atom. The predicted molar refractivity (Wildman–Crippen MR) is 94.2 cm³/mol. The zero-order valence-corrected chi connectivity index (χ0v) is 14.7. The van der Waals surface area contributed by atoms with E-state index in [4.69, 9.17) is 9.47 Å². The molecule has 2 saturated heterocycles. The molecule has 24 heavy (non-hydrogen) atoms. The van der Waals surface area contributed by atoms with Crippen LogP contribution in [0.1, 0.15) is 44.9 Å². The summed E-state index contributed by atoms with van der Waals surface area (Å²) in [7, 11) is 0. The maximum absolute atomic E-state index is 6.30. The number of aromatic nitrogens is 1. The number of hydrogen-bond donors (Lipinski definition) is 0. The first-order valence-corrected chi connectivity index (χ1v) is 9.73. The Kier molecular flexibility index (Phi) is 5.04. The summed E-state index contributed by atoms with van der Waals surface area (Å²) in [5.74, 6) is 2.51. The molecule has 1 saturated carbocycles. The molecule has 0 N–H and O–H groups in total. The summed E-state index contributed by atoms with van der Waals surface area (Å²) in [6, 6.07) is 3.90. The number of hydrogen-bond acceptors (Lipinski definition) is 4. The molecule has 0 radical (unpaired) electrons. The highest BCUT2D eigenvalue weighted by Gasteiger charge is 2.46. The van der Waals surface area contributed by atoms with Crippen LogP contribution in [-0.2, 0) is 4.74 Å². The Morgan fingerprint density at radius 3 is 2.83 bits per heavy atom. The number of ether oxygens (including phenoxy) is 2. The summed E-state index contributed by atoms with van der Waals surface area (Å²) in [6.07, 6.45) is 12.6. The van der Waals surface area contributed by atoms with Gasteiger partial charge in [0.05, 0.1) is 18.4 Å². The molecular formula is C20H30N2O2. The van der Waals surface area contributed by atoms with Gasteiger partial charge in [-0.2, -0.15) is 0 Å². The SMILES string of the molecule is c1cncc(OCC[C@@H]2CCOC23CCN(CC2CCC2)CC3)c1. The normalized spacial score (nSPS) is 27.2. The first-order valence-electron chi connectivity index (χ1n) is 9.73. The van der Waals surface area contributed by atoms with Gasteiger partial charge in [-0.1, -0.05) is 6.42 Å². The van der Waals surface area contributed by atoms with E-state index >= 15 is 0 Å². The number of pyridine rings is 1. The van der Waals surface area contributed by atoms with Crippen LogP contribution in [0.2, 0.25) is 0 Å². The second-order valence-corrected chi connectivity index (χ2v) is 7.82. The van der Waals surface area contributed by atoms with Crippen LogP contribution in [0.4, 0.5) is 0 Å². The second-order valence-electron chi connectivity index (χ2n) is 7.82. The average Bonchev–Trinajstić information content (AvgIpc) is 2.96. The van der Waals surface area contributed by atoms with E-state index in [2.05, 4.69) is 9.88 Å². The molecule has 2 aliphatic heterocycles. The van der Waals surface area contributed by atoms with E-state index in [1.165, 1.54) is 58.2 Å². The molecule has 3 fully saturated rings. The highest BCUT2D eigenvalue weighted by molar-refractivity contribution is 5.15. The van der Waals surface area contributed by atoms with Crippen LogP contribution in [0.25, 0.3) is 0 Å². The first kappa shape index (κ1) is 16.3. The highest BCUT2D eigenvalue weighted by Crippen LogP contribution is 2.42. The fourth-order valence-electron chi connectivity index (χ4n) is 4.65. The van der Waals surface area contributed by atoms with E-state index in [-0.39, 0.29) is 5.60 Å². The van der Waals surface area contributed by atoms with Gasteiger partial charge < -0.3 is 14.4 Å². The van der Waals surface area contributed by atoms with Crippen LogP contribution in [0.3, 0.4) is 0 Å². The van der Waals surface area contributed by atoms with Crippen molar-refractivity contribution >= 4 is 0 Å². The third kappa shape index (κ3) is 3.60. The molecular weight excluding hydrogens is 300 g/mol. The third-order valence-corrected chi connectivity index (χ3v) is 6.41. The number of rotatable bonds is 6. The van der Waals surface area contributed by atoms with Crippen LogP contribution >= 0.6 is 0 Å². The molecule has 1 aromatic rings. The summed E-state index contributed by atoms with van der Waals surface area (Å²) in [5.41, 5.74) is 0.133. The fourth-order valence-corrected chi connectivity index (χ4v) is 4.65. The van der Waals surface area contributed by atoms with Crippen molar-refractivity contribution in [3.05, 3.63) is 24.5 Å². The van der Waals surface area contributed by atoms with Crippen molar-refractivity contribution in [3.63, 3.8) is 0 Å². The lowest BCUT2D eigenvalue weighted by molar-refractivity contribution is -0.0726. The summed E-state index contributed by atoms with van der Waals surface area (Å²) in [4.78, 5) is 6.79. The zero-order valence-electron chi connectivity index (χ0n) is 14.7. The molecule has 1 aromatic heterocycles. The molecule has 0 amide bonds. The fraction of sp³-hybridized carbons (Fsp3) is 0.750. The minimum atomic E-state index is 0.133. The van der Waals surface area contributed by atoms with Crippen molar-refractivity contribution in [2.45, 2.75) is 50.5 Å². The van der Waals surface area contributed by atoms with Gasteiger partial charge in [0.25, 0.3) is 0 Å². The quantitative estimate of drug-likeness (QED) is 0.799. The maximum Gasteiger partial charge on any atom is 0.137 e. The van der Waals surface area contributed by atoms with Crippen LogP contribution < -0.4 is 4.74 Å². The molecule has 0 unspecified atom stereocenters. The average molecular weight is 330 g/mol. The van der Waals surface area contributed by atoms with Gasteiger partial charge in [-0.25, -0.2) is 0 Å². The van der Waals surface area contributed by atoms with Crippen molar-refractivity contribution in [1.29, 1.82) is 0 Å². The van der Waals surface area contributed by atoms with Crippen molar-refractivity contribution in [2.24, 2.45) is 11.8 Å². The number of piperidine rings is 1. The van der Waals surface area contributed by atoms with Crippen molar-refractivity contribution in [2.75, 3.05) is 32.8 Å². The van der Waals surface area contributed by atoms with Gasteiger partial charge in [0.1, 0.15) is 5.75 Å². The van der Waals surface area contributed by atoms with E-state index in [9.17, 15) is 0 Å². The Bertz CT molecular complexity index is 510. The Hall–Kier alpha value is -1.13. The monoisotopic (exact) mass is 330 g/mol. The standard InChI is InChI=1S/C20H30N2O2/c1-3-17(4-1)16-22-11-8-20(9-12-22)18(7-14-24-20)6-13-23-19-5-2-10-21-15-19/h2,5,10,15,17-18H,1,3-4,6-9,11-14,16H2/t18-/m1/s1. The molecule has 1 aliphatic carbocycles. The molecule has 4 nitrogen and oxygen atoms in total. The summed E-state index contributed by atoms with van der Waals surface area (Å²) in [5, 5.41) is 0. The Morgan fingerprint density at radius 1 is 1.25 bits per heavy atom. The molecule has 0 bridgehead atoms. The highest BCUT2D eigenvalue weighted by atomic mass is 16.5. The van der Waals surface area contributed by atoms with E-state index in [1.807, 2.05) is 12.1 Å². The number of likely N-dealkylation sites (tertiary alicyclic amines) is 1. The topological polar surface area (TPSA) is 34.6 Å². The molecule has 0 aromatic carbocycles. The van der Waals surface area contributed by atoms with Crippen LogP contribution in [0.5, 0.6) is 5.75 Å². The largest absolute Gasteiger partial charge is 0.492 e. The molecule has 132 valence electrons. The van der Waals surface area contributed by atoms with Gasteiger partial charge >= 0.3 is 0 Å². The van der Waals surface area contributed by atoms with Gasteiger partial charge in [0.2, 0.25) is 0 Å². The molecule has 4 heteroatoms. The van der Waals surface area contributed by atoms with E-state index in [0.717, 1.165) is 31.3 Å². The molecule has 3 aliphatic rings. The lowest BCUT2D eigenvalue weighted by Gasteiger charge is -2.44. The van der Waals surface area contributed by atoms with Crippen molar-refractivity contribution < 1.29 is 9.47 Å². The predicted octanol–water partition coefficient (Wildman–Crippen LogP) is 3.52. The van der Waals surface area contributed by atoms with E-state index < -0.39 is 0 Å². The first-order chi connectivity index (χ1) is 11.8. The van der Waals surface area contributed by atoms with Gasteiger partial charge in [0, 0.05) is 32.4 Å². The molecule has 1 spiro atoms. The van der Waals surface area contributed by atoms with Crippen LogP contribution in [0, 0.1) is 11.8 Å². The smallest absolute Gasteiger partial charge is 0.137 e. The summed E-state index contributed by atoms with van der Waals surface area (Å²) in [6.45, 7) is 5.46. The van der Waals surface area contributed by atoms with Gasteiger partial charge in [-0.05, 0) is 62.5 Å². The minimum Gasteiger partial charge on any atom is -0.492 e. The van der Waals surface area contributed by atoms with Gasteiger partial charge in [0.15, 0.2) is 0 Å². The molecule has 1 atom stereocenters. The lowest BCUT2D eigenvalue weighted by Crippen LogP contribution is -2.49. The third-order valence-electron chi connectivity index (χ3n) is 6.41. The lowest BCUT2D eigenvalue weighted by atomic mass is 9.77. The van der Waals surface area contributed by atoms with E-state index in [0.29, 0.717) is 5.92 Å². The van der Waals surface area contributed by atoms with Crippen LogP contribution in [-0.4, -0.2) is 48.3 Å². The van der Waals surface area contributed by atoms with E-state index in [1.54, 1.807) is 12.4 Å². The summed E-state index contributed by atoms with van der Waals surface area (Å²) >= 11 is 0. The maximum atomic E-state index is 6.30. The molecule has 3 heterocycles. The Labute approximate surface area is 145 Å². The minimum absolute atomic E-state index is 0.133. The summed E-state index contributed by atoms with van der Waals surface area (Å²) < 4.78 is 12.2. The van der Waals surface area contributed by atoms with Crippen molar-refractivity contribution in [1.82, 2.24) is 9.88 Å². The Balaban J connectivity index is 1.25. The van der Waals surface area contributed by atoms with Crippen molar-refractivity contribution in [3.8, 4) is 5.75 Å². The molecule has 4 rings (SSSR count). The van der Waals surface area contributed by atoms with Gasteiger partial charge in [-0.15, -0.1) is 0 Å². The zero-order chi connectivity index (χ0) is 16.2. The number of nitrogens with zero attached hydrogens (tertiary/aromatic N) is 2. The van der Waals surface area contributed by atoms with Crippen LogP contribution in [0.15, 0.2) is 24.5 Å². The van der Waals surface area contributed by atoms with Gasteiger partial charge in [-0.3, -0.25) is 4.98 Å². The second kappa shape index (κ2) is 7.40.